The number of aromatic nitrogens is 1. The van der Waals surface area contributed by atoms with E-state index in [4.69, 9.17) is 16.7 Å². The topological polar surface area (TPSA) is 97.5 Å². The molecule has 0 unspecified atom stereocenters. The molecule has 0 atom stereocenters. The van der Waals surface area contributed by atoms with Crippen molar-refractivity contribution in [1.82, 2.24) is 4.98 Å². The largest absolute Gasteiger partial charge is 0.409 e. The molecule has 0 amide bonds. The van der Waals surface area contributed by atoms with Crippen LogP contribution in [0.15, 0.2) is 59.8 Å². The van der Waals surface area contributed by atoms with Crippen LogP contribution in [-0.2, 0) is 0 Å². The van der Waals surface area contributed by atoms with E-state index in [1.165, 1.54) is 0 Å². The van der Waals surface area contributed by atoms with Gasteiger partial charge in [-0.15, -0.1) is 0 Å². The van der Waals surface area contributed by atoms with Gasteiger partial charge in [0.2, 0.25) is 0 Å². The van der Waals surface area contributed by atoms with E-state index < -0.39 is 0 Å². The zero-order valence-electron chi connectivity index (χ0n) is 12.2. The van der Waals surface area contributed by atoms with E-state index in [0.29, 0.717) is 11.4 Å². The first-order valence-electron chi connectivity index (χ1n) is 6.92. The lowest BCUT2D eigenvalue weighted by molar-refractivity contribution is 0.318. The van der Waals surface area contributed by atoms with E-state index in [0.717, 1.165) is 22.0 Å². The van der Waals surface area contributed by atoms with Crippen LogP contribution >= 0.6 is 0 Å². The van der Waals surface area contributed by atoms with Gasteiger partial charge >= 0.3 is 0 Å². The van der Waals surface area contributed by atoms with Crippen molar-refractivity contribution in [1.29, 1.82) is 0 Å². The molecule has 0 saturated carbocycles. The lowest BCUT2D eigenvalue weighted by Gasteiger charge is -2.02. The number of hydrogen-bond acceptors (Lipinski definition) is 4. The second kappa shape index (κ2) is 6.08. The van der Waals surface area contributed by atoms with Gasteiger partial charge in [0, 0.05) is 22.1 Å². The predicted octanol–water partition coefficient (Wildman–Crippen LogP) is 2.31. The Morgan fingerprint density at radius 1 is 1.04 bits per heavy atom. The van der Waals surface area contributed by atoms with Gasteiger partial charge in [-0.05, 0) is 24.3 Å². The molecule has 5 heteroatoms. The highest BCUT2D eigenvalue weighted by Gasteiger charge is 2.02. The molecule has 3 rings (SSSR count). The van der Waals surface area contributed by atoms with Gasteiger partial charge in [0.05, 0.1) is 5.52 Å². The van der Waals surface area contributed by atoms with Crippen molar-refractivity contribution in [3.63, 3.8) is 0 Å². The van der Waals surface area contributed by atoms with Crippen LogP contribution in [-0.4, -0.2) is 16.0 Å². The van der Waals surface area contributed by atoms with Gasteiger partial charge < -0.3 is 16.7 Å². The van der Waals surface area contributed by atoms with Crippen LogP contribution < -0.4 is 11.5 Å². The number of nitrogen functional groups attached to an aromatic ring is 1. The number of para-hydroxylation sites is 1. The lowest BCUT2D eigenvalue weighted by Crippen LogP contribution is -2.12. The third-order valence-corrected chi connectivity index (χ3v) is 3.34. The number of rotatable bonds is 1. The molecule has 5 nitrogen and oxygen atoms in total. The smallest absolute Gasteiger partial charge is 0.170 e. The zero-order valence-corrected chi connectivity index (χ0v) is 12.2. The monoisotopic (exact) mass is 302 g/mol. The number of oxime groups is 1. The first kappa shape index (κ1) is 14.4. The van der Waals surface area contributed by atoms with E-state index in [1.54, 1.807) is 24.3 Å². The molecule has 3 aromatic rings. The number of fused-ring (bicyclic) bond motifs is 1. The standard InChI is InChI=1S/C18H14N4O/c19-17-11-13(15-6-1-2-7-16(15)21-17)9-8-12-4-3-5-14(10-12)18(20)22-23/h1-7,10-11,23H,(H2,19,21)(H2,20,22). The minimum absolute atomic E-state index is 0.0484. The second-order valence-corrected chi connectivity index (χ2v) is 4.93. The summed E-state index contributed by atoms with van der Waals surface area (Å²) in [7, 11) is 0. The van der Waals surface area contributed by atoms with Crippen molar-refractivity contribution in [2.45, 2.75) is 0 Å². The van der Waals surface area contributed by atoms with Crippen LogP contribution in [0.2, 0.25) is 0 Å². The van der Waals surface area contributed by atoms with Gasteiger partial charge in [-0.2, -0.15) is 0 Å². The predicted molar refractivity (Wildman–Crippen MR) is 91.1 cm³/mol. The van der Waals surface area contributed by atoms with Crippen molar-refractivity contribution in [2.24, 2.45) is 10.9 Å². The number of nitrogens with two attached hydrogens (primary N) is 2. The zero-order chi connectivity index (χ0) is 16.2. The normalized spacial score (nSPS) is 11.0. The average molecular weight is 302 g/mol. The van der Waals surface area contributed by atoms with E-state index in [-0.39, 0.29) is 5.84 Å². The molecule has 2 aromatic carbocycles. The summed E-state index contributed by atoms with van der Waals surface area (Å²) in [4.78, 5) is 4.29. The first-order chi connectivity index (χ1) is 11.2. The average Bonchev–Trinajstić information content (AvgIpc) is 2.59. The van der Waals surface area contributed by atoms with E-state index >= 15 is 0 Å². The molecule has 0 aliphatic carbocycles. The summed E-state index contributed by atoms with van der Waals surface area (Å²) < 4.78 is 0. The third kappa shape index (κ3) is 3.06. The molecule has 0 aliphatic rings. The first-order valence-corrected chi connectivity index (χ1v) is 6.92. The summed E-state index contributed by atoms with van der Waals surface area (Å²) in [6, 6.07) is 16.6. The number of pyridine rings is 1. The van der Waals surface area contributed by atoms with Gasteiger partial charge in [-0.25, -0.2) is 4.98 Å². The maximum Gasteiger partial charge on any atom is 0.170 e. The Hall–Kier alpha value is -3.52. The highest BCUT2D eigenvalue weighted by atomic mass is 16.4. The fraction of sp³-hybridized carbons (Fsp3) is 0. The number of anilines is 1. The van der Waals surface area contributed by atoms with Crippen LogP contribution in [0.1, 0.15) is 16.7 Å². The van der Waals surface area contributed by atoms with Crippen LogP contribution in [0.25, 0.3) is 10.9 Å². The summed E-state index contributed by atoms with van der Waals surface area (Å²) in [6.45, 7) is 0. The maximum absolute atomic E-state index is 8.74. The molecule has 0 spiro atoms. The molecule has 112 valence electrons. The summed E-state index contributed by atoms with van der Waals surface area (Å²) in [5, 5.41) is 12.7. The van der Waals surface area contributed by atoms with Gasteiger partial charge in [0.25, 0.3) is 0 Å². The minimum atomic E-state index is 0.0484. The number of nitrogens with zero attached hydrogens (tertiary/aromatic N) is 2. The molecule has 0 fully saturated rings. The van der Waals surface area contributed by atoms with Crippen LogP contribution in [0.5, 0.6) is 0 Å². The summed E-state index contributed by atoms with van der Waals surface area (Å²) in [5.41, 5.74) is 14.4. The van der Waals surface area contributed by atoms with Crippen LogP contribution in [0.3, 0.4) is 0 Å². The Morgan fingerprint density at radius 2 is 1.87 bits per heavy atom. The molecule has 0 bridgehead atoms. The number of amidine groups is 1. The minimum Gasteiger partial charge on any atom is -0.409 e. The molecule has 0 saturated heterocycles. The van der Waals surface area contributed by atoms with Gasteiger partial charge in [0.1, 0.15) is 5.82 Å². The van der Waals surface area contributed by atoms with Gasteiger partial charge in [0.15, 0.2) is 5.84 Å². The van der Waals surface area contributed by atoms with E-state index in [2.05, 4.69) is 22.0 Å². The van der Waals surface area contributed by atoms with Gasteiger partial charge in [-0.1, -0.05) is 47.3 Å². The molecular weight excluding hydrogens is 288 g/mol. The quantitative estimate of drug-likeness (QED) is 0.211. The van der Waals surface area contributed by atoms with Gasteiger partial charge in [-0.3, -0.25) is 0 Å². The molecule has 1 aromatic heterocycles. The van der Waals surface area contributed by atoms with E-state index in [1.807, 2.05) is 30.3 Å². The SMILES string of the molecule is NC(=NO)c1cccc(C#Cc2cc(N)nc3ccccc23)c1. The fourth-order valence-electron chi connectivity index (χ4n) is 2.25. The Morgan fingerprint density at radius 3 is 2.70 bits per heavy atom. The highest BCUT2D eigenvalue weighted by molar-refractivity contribution is 5.97. The Balaban J connectivity index is 2.06. The molecule has 1 heterocycles. The van der Waals surface area contributed by atoms with Crippen molar-refractivity contribution < 1.29 is 5.21 Å². The highest BCUT2D eigenvalue weighted by Crippen LogP contribution is 2.18. The lowest BCUT2D eigenvalue weighted by atomic mass is 10.1. The summed E-state index contributed by atoms with van der Waals surface area (Å²) in [6.07, 6.45) is 0. The molecule has 5 N–H and O–H groups in total. The van der Waals surface area contributed by atoms with Crippen molar-refractivity contribution in [2.75, 3.05) is 5.73 Å². The molecule has 23 heavy (non-hydrogen) atoms. The molecule has 0 aliphatic heterocycles. The molecular formula is C18H14N4O. The Labute approximate surface area is 133 Å². The summed E-state index contributed by atoms with van der Waals surface area (Å²) in [5.74, 6) is 6.67. The number of benzene rings is 2. The van der Waals surface area contributed by atoms with Crippen molar-refractivity contribution in [3.05, 3.63) is 71.3 Å². The Kier molecular flexibility index (Phi) is 3.81. The fourth-order valence-corrected chi connectivity index (χ4v) is 2.25. The van der Waals surface area contributed by atoms with Crippen LogP contribution in [0, 0.1) is 11.8 Å². The van der Waals surface area contributed by atoms with Crippen LogP contribution in [0.4, 0.5) is 5.82 Å². The second-order valence-electron chi connectivity index (χ2n) is 4.93. The van der Waals surface area contributed by atoms with Crippen molar-refractivity contribution >= 4 is 22.6 Å². The maximum atomic E-state index is 8.74. The van der Waals surface area contributed by atoms with E-state index in [9.17, 15) is 0 Å². The molecule has 0 radical (unpaired) electrons. The van der Waals surface area contributed by atoms with Crippen molar-refractivity contribution in [3.8, 4) is 11.8 Å². The Bertz CT molecular complexity index is 967. The number of hydrogen-bond donors (Lipinski definition) is 3. The summed E-state index contributed by atoms with van der Waals surface area (Å²) >= 11 is 0. The third-order valence-electron chi connectivity index (χ3n) is 3.34.